The Kier molecular flexibility index (Phi) is 6.98. The molecule has 2 amide bonds. The minimum Gasteiger partial charge on any atom is -0.481 e. The Morgan fingerprint density at radius 2 is 1.81 bits per heavy atom. The number of urea groups is 1. The molecule has 0 aromatic heterocycles. The number of rotatable bonds is 7. The highest BCUT2D eigenvalue weighted by molar-refractivity contribution is 5.75. The van der Waals surface area contributed by atoms with E-state index in [0.29, 0.717) is 6.54 Å². The van der Waals surface area contributed by atoms with Gasteiger partial charge < -0.3 is 20.5 Å². The van der Waals surface area contributed by atoms with Crippen LogP contribution in [0.25, 0.3) is 0 Å². The summed E-state index contributed by atoms with van der Waals surface area (Å²) in [5.41, 5.74) is -0.343. The number of amides is 2. The molecule has 1 rings (SSSR count). The van der Waals surface area contributed by atoms with Crippen molar-refractivity contribution in [3.8, 4) is 0 Å². The molecule has 0 radical (unpaired) electrons. The largest absolute Gasteiger partial charge is 0.481 e. The molecule has 1 saturated carbocycles. The van der Waals surface area contributed by atoms with Gasteiger partial charge in [-0.25, -0.2) is 4.79 Å². The lowest BCUT2D eigenvalue weighted by Crippen LogP contribution is -2.44. The fourth-order valence-corrected chi connectivity index (χ4v) is 2.75. The quantitative estimate of drug-likeness (QED) is 0.614. The number of nitrogens with one attached hydrogen (secondary N) is 2. The van der Waals surface area contributed by atoms with Gasteiger partial charge in [-0.3, -0.25) is 9.59 Å². The number of hydrogen-bond donors (Lipinski definition) is 3. The summed E-state index contributed by atoms with van der Waals surface area (Å²) >= 11 is 0. The average Bonchev–Trinajstić information content (AvgIpc) is 2.45. The first-order valence-corrected chi connectivity index (χ1v) is 7.28. The Balaban J connectivity index is 2.36. The number of esters is 1. The standard InChI is InChI=1S/C14H24N2O5/c1-21-12(19)5-8-15-13(20)16-10-14(9-11(17)18)6-3-2-4-7-14/h2-10H2,1H3,(H,17,18)(H2,15,16,20). The van der Waals surface area contributed by atoms with Crippen LogP contribution in [0.4, 0.5) is 4.79 Å². The molecule has 21 heavy (non-hydrogen) atoms. The predicted molar refractivity (Wildman–Crippen MR) is 75.8 cm³/mol. The van der Waals surface area contributed by atoms with Gasteiger partial charge in [0.1, 0.15) is 0 Å². The van der Waals surface area contributed by atoms with Gasteiger partial charge in [0.25, 0.3) is 0 Å². The van der Waals surface area contributed by atoms with Gasteiger partial charge in [0.2, 0.25) is 0 Å². The lowest BCUT2D eigenvalue weighted by Gasteiger charge is -2.36. The third kappa shape index (κ3) is 6.46. The van der Waals surface area contributed by atoms with Crippen LogP contribution in [0.5, 0.6) is 0 Å². The van der Waals surface area contributed by atoms with Crippen molar-refractivity contribution in [3.05, 3.63) is 0 Å². The van der Waals surface area contributed by atoms with E-state index in [2.05, 4.69) is 15.4 Å². The van der Waals surface area contributed by atoms with E-state index in [1.807, 2.05) is 0 Å². The molecular weight excluding hydrogens is 276 g/mol. The SMILES string of the molecule is COC(=O)CCNC(=O)NCC1(CC(=O)O)CCCCC1. The van der Waals surface area contributed by atoms with Gasteiger partial charge in [-0.05, 0) is 18.3 Å². The maximum atomic E-state index is 11.7. The summed E-state index contributed by atoms with van der Waals surface area (Å²) in [5.74, 6) is -1.21. The molecule has 7 nitrogen and oxygen atoms in total. The summed E-state index contributed by atoms with van der Waals surface area (Å²) in [6, 6.07) is -0.380. The number of carbonyl (C=O) groups excluding carboxylic acids is 2. The zero-order chi connectivity index (χ0) is 15.7. The van der Waals surface area contributed by atoms with Crippen LogP contribution in [-0.4, -0.2) is 43.3 Å². The van der Waals surface area contributed by atoms with Gasteiger partial charge >= 0.3 is 18.0 Å². The molecule has 0 bridgehead atoms. The van der Waals surface area contributed by atoms with Gasteiger partial charge in [-0.2, -0.15) is 0 Å². The molecular formula is C14H24N2O5. The van der Waals surface area contributed by atoms with Gasteiger partial charge in [-0.1, -0.05) is 19.3 Å². The van der Waals surface area contributed by atoms with Crippen molar-refractivity contribution in [3.63, 3.8) is 0 Å². The van der Waals surface area contributed by atoms with Crippen molar-refractivity contribution in [2.24, 2.45) is 5.41 Å². The molecule has 0 aromatic rings. The minimum atomic E-state index is -0.829. The van der Waals surface area contributed by atoms with Crippen LogP contribution in [0.3, 0.4) is 0 Å². The Labute approximate surface area is 124 Å². The minimum absolute atomic E-state index is 0.0788. The number of carbonyl (C=O) groups is 3. The molecule has 3 N–H and O–H groups in total. The summed E-state index contributed by atoms with van der Waals surface area (Å²) in [4.78, 5) is 33.6. The fraction of sp³-hybridized carbons (Fsp3) is 0.786. The van der Waals surface area contributed by atoms with Crippen LogP contribution in [0.2, 0.25) is 0 Å². The molecule has 0 aliphatic heterocycles. The molecule has 1 aliphatic rings. The molecule has 0 spiro atoms. The Morgan fingerprint density at radius 1 is 1.14 bits per heavy atom. The van der Waals surface area contributed by atoms with Crippen LogP contribution in [0, 0.1) is 5.41 Å². The van der Waals surface area contributed by atoms with E-state index in [1.54, 1.807) is 0 Å². The first-order chi connectivity index (χ1) is 9.97. The number of methoxy groups -OCH3 is 1. The molecule has 120 valence electrons. The summed E-state index contributed by atoms with van der Waals surface area (Å²) in [7, 11) is 1.29. The van der Waals surface area contributed by atoms with Gasteiger partial charge in [0.05, 0.1) is 20.0 Å². The second-order valence-corrected chi connectivity index (χ2v) is 5.57. The number of carboxylic acids is 1. The second kappa shape index (κ2) is 8.49. The topological polar surface area (TPSA) is 105 Å². The van der Waals surface area contributed by atoms with E-state index >= 15 is 0 Å². The highest BCUT2D eigenvalue weighted by Gasteiger charge is 2.34. The van der Waals surface area contributed by atoms with Crippen molar-refractivity contribution in [2.45, 2.75) is 44.9 Å². The summed E-state index contributed by atoms with van der Waals surface area (Å²) in [6.07, 6.45) is 4.95. The second-order valence-electron chi connectivity index (χ2n) is 5.57. The number of carboxylic acid groups (broad SMARTS) is 1. The normalized spacial score (nSPS) is 16.8. The van der Waals surface area contributed by atoms with E-state index in [1.165, 1.54) is 7.11 Å². The maximum absolute atomic E-state index is 11.7. The molecule has 0 atom stereocenters. The van der Waals surface area contributed by atoms with Crippen LogP contribution < -0.4 is 10.6 Å². The van der Waals surface area contributed by atoms with Crippen molar-refractivity contribution in [1.82, 2.24) is 10.6 Å². The maximum Gasteiger partial charge on any atom is 0.314 e. The number of aliphatic carboxylic acids is 1. The molecule has 1 aliphatic carbocycles. The Bertz CT molecular complexity index is 378. The lowest BCUT2D eigenvalue weighted by atomic mass is 9.72. The summed E-state index contributed by atoms with van der Waals surface area (Å²) < 4.78 is 4.47. The number of ether oxygens (including phenoxy) is 1. The summed E-state index contributed by atoms with van der Waals surface area (Å²) in [5, 5.41) is 14.3. The zero-order valence-electron chi connectivity index (χ0n) is 12.4. The highest BCUT2D eigenvalue weighted by Crippen LogP contribution is 2.38. The van der Waals surface area contributed by atoms with Crippen LogP contribution in [0.1, 0.15) is 44.9 Å². The third-order valence-corrected chi connectivity index (χ3v) is 3.91. The molecule has 1 fully saturated rings. The van der Waals surface area contributed by atoms with E-state index in [9.17, 15) is 14.4 Å². The molecule has 0 unspecified atom stereocenters. The lowest BCUT2D eigenvalue weighted by molar-refractivity contribution is -0.141. The molecule has 7 heteroatoms. The van der Waals surface area contributed by atoms with Gasteiger partial charge in [0, 0.05) is 13.1 Å². The summed E-state index contributed by atoms with van der Waals surface area (Å²) in [6.45, 7) is 0.549. The van der Waals surface area contributed by atoms with E-state index in [-0.39, 0.29) is 36.8 Å². The third-order valence-electron chi connectivity index (χ3n) is 3.91. The van der Waals surface area contributed by atoms with Crippen molar-refractivity contribution in [1.29, 1.82) is 0 Å². The fourth-order valence-electron chi connectivity index (χ4n) is 2.75. The van der Waals surface area contributed by atoms with E-state index < -0.39 is 5.97 Å². The Morgan fingerprint density at radius 3 is 2.38 bits per heavy atom. The average molecular weight is 300 g/mol. The Hall–Kier alpha value is -1.79. The van der Waals surface area contributed by atoms with Crippen LogP contribution in [-0.2, 0) is 14.3 Å². The number of hydrogen-bond acceptors (Lipinski definition) is 4. The zero-order valence-corrected chi connectivity index (χ0v) is 12.4. The monoisotopic (exact) mass is 300 g/mol. The van der Waals surface area contributed by atoms with Gasteiger partial charge in [0.15, 0.2) is 0 Å². The van der Waals surface area contributed by atoms with E-state index in [4.69, 9.17) is 5.11 Å². The first-order valence-electron chi connectivity index (χ1n) is 7.28. The first kappa shape index (κ1) is 17.3. The molecule has 0 saturated heterocycles. The van der Waals surface area contributed by atoms with Crippen LogP contribution in [0.15, 0.2) is 0 Å². The van der Waals surface area contributed by atoms with E-state index in [0.717, 1.165) is 32.1 Å². The predicted octanol–water partition coefficient (Wildman–Crippen LogP) is 1.27. The van der Waals surface area contributed by atoms with Crippen LogP contribution >= 0.6 is 0 Å². The van der Waals surface area contributed by atoms with Gasteiger partial charge in [-0.15, -0.1) is 0 Å². The highest BCUT2D eigenvalue weighted by atomic mass is 16.5. The van der Waals surface area contributed by atoms with Crippen molar-refractivity contribution in [2.75, 3.05) is 20.2 Å². The smallest absolute Gasteiger partial charge is 0.314 e. The van der Waals surface area contributed by atoms with Crippen molar-refractivity contribution >= 4 is 18.0 Å². The molecule has 0 aromatic carbocycles. The molecule has 0 heterocycles. The van der Waals surface area contributed by atoms with Crippen molar-refractivity contribution < 1.29 is 24.2 Å².